The van der Waals surface area contributed by atoms with E-state index >= 15 is 0 Å². The fourth-order valence-corrected chi connectivity index (χ4v) is 1.15. The van der Waals surface area contributed by atoms with Crippen molar-refractivity contribution in [1.82, 2.24) is 0 Å². The normalized spacial score (nSPS) is 16.8. The fourth-order valence-electron chi connectivity index (χ4n) is 1.15. The van der Waals surface area contributed by atoms with E-state index in [1.807, 2.05) is 6.08 Å². The molecule has 1 rings (SSSR count). The van der Waals surface area contributed by atoms with Gasteiger partial charge in [-0.15, -0.1) is 0 Å². The maximum Gasteiger partial charge on any atom is 0.303 e. The summed E-state index contributed by atoms with van der Waals surface area (Å²) in [4.78, 5) is 10.2. The van der Waals surface area contributed by atoms with Crippen LogP contribution in [0, 0.1) is 0 Å². The number of allylic oxidation sites excluding steroid dienone is 4. The lowest BCUT2D eigenvalue weighted by Crippen LogP contribution is -1.97. The van der Waals surface area contributed by atoms with E-state index in [2.05, 4.69) is 0 Å². The molecular weight excluding hydrogens is 159 g/mol. The van der Waals surface area contributed by atoms with Crippen molar-refractivity contribution in [2.24, 2.45) is 0 Å². The molecule has 0 aromatic heterocycles. The lowest BCUT2D eigenvalue weighted by atomic mass is 10.0. The molecule has 66 valence electrons. The summed E-state index contributed by atoms with van der Waals surface area (Å²) in [5.41, 5.74) is 0.545. The molecule has 0 spiro atoms. The van der Waals surface area contributed by atoms with Crippen molar-refractivity contribution >= 4 is 5.97 Å². The number of halogens is 1. The number of aliphatic carboxylic acids is 1. The molecule has 0 bridgehead atoms. The minimum Gasteiger partial charge on any atom is -0.481 e. The summed E-state index contributed by atoms with van der Waals surface area (Å²) >= 11 is 0. The third-order valence-electron chi connectivity index (χ3n) is 1.81. The quantitative estimate of drug-likeness (QED) is 0.706. The van der Waals surface area contributed by atoms with E-state index in [9.17, 15) is 9.18 Å². The van der Waals surface area contributed by atoms with Crippen LogP contribution in [0.5, 0.6) is 0 Å². The summed E-state index contributed by atoms with van der Waals surface area (Å²) < 4.78 is 12.9. The highest BCUT2D eigenvalue weighted by molar-refractivity contribution is 5.67. The lowest BCUT2D eigenvalue weighted by molar-refractivity contribution is -0.136. The van der Waals surface area contributed by atoms with Gasteiger partial charge < -0.3 is 5.11 Å². The Kier molecular flexibility index (Phi) is 3.02. The molecule has 0 unspecified atom stereocenters. The van der Waals surface area contributed by atoms with Crippen LogP contribution in [0.1, 0.15) is 25.7 Å². The van der Waals surface area contributed by atoms with Crippen LogP contribution in [0.25, 0.3) is 0 Å². The van der Waals surface area contributed by atoms with E-state index in [1.54, 1.807) is 6.08 Å². The fraction of sp³-hybridized carbons (Fsp3) is 0.444. The molecule has 2 nitrogen and oxygen atoms in total. The molecule has 0 atom stereocenters. The van der Waals surface area contributed by atoms with Crippen molar-refractivity contribution < 1.29 is 14.3 Å². The summed E-state index contributed by atoms with van der Waals surface area (Å²) in [6, 6.07) is 0. The van der Waals surface area contributed by atoms with E-state index in [-0.39, 0.29) is 12.2 Å². The van der Waals surface area contributed by atoms with Gasteiger partial charge in [0.2, 0.25) is 0 Å². The van der Waals surface area contributed by atoms with Crippen molar-refractivity contribution in [2.75, 3.05) is 0 Å². The first-order valence-corrected chi connectivity index (χ1v) is 3.96. The molecule has 0 fully saturated rings. The molecule has 1 N–H and O–H groups in total. The zero-order valence-electron chi connectivity index (χ0n) is 6.72. The smallest absolute Gasteiger partial charge is 0.303 e. The minimum absolute atomic E-state index is 0.00704. The molecule has 0 amide bonds. The Morgan fingerprint density at radius 3 is 3.00 bits per heavy atom. The van der Waals surface area contributed by atoms with Gasteiger partial charge in [-0.2, -0.15) is 0 Å². The Morgan fingerprint density at radius 1 is 1.67 bits per heavy atom. The van der Waals surface area contributed by atoms with E-state index < -0.39 is 5.97 Å². The van der Waals surface area contributed by atoms with Gasteiger partial charge in [0.05, 0.1) is 0 Å². The van der Waals surface area contributed by atoms with E-state index in [0.29, 0.717) is 18.4 Å². The Labute approximate surface area is 70.4 Å². The van der Waals surface area contributed by atoms with E-state index in [0.717, 1.165) is 6.42 Å². The summed E-state index contributed by atoms with van der Waals surface area (Å²) in [5, 5.41) is 8.36. The Morgan fingerprint density at radius 2 is 2.42 bits per heavy atom. The van der Waals surface area contributed by atoms with Gasteiger partial charge in [-0.1, -0.05) is 12.2 Å². The summed E-state index contributed by atoms with van der Waals surface area (Å²) in [7, 11) is 0. The molecule has 0 heterocycles. The molecule has 3 heteroatoms. The molecule has 1 aliphatic carbocycles. The van der Waals surface area contributed by atoms with Gasteiger partial charge in [-0.25, -0.2) is 4.39 Å². The number of hydrogen-bond acceptors (Lipinski definition) is 1. The third kappa shape index (κ3) is 2.49. The Balaban J connectivity index is 2.50. The Hall–Kier alpha value is -1.12. The van der Waals surface area contributed by atoms with Crippen LogP contribution < -0.4 is 0 Å². The summed E-state index contributed by atoms with van der Waals surface area (Å²) in [5.74, 6) is -1.03. The van der Waals surface area contributed by atoms with Crippen LogP contribution in [0.3, 0.4) is 0 Å². The standard InChI is InChI=1S/C9H11FO2/c10-8-4-2-1-3-7(8)5-6-9(11)12/h1,3H,2,4-6H2,(H,11,12). The molecular formula is C9H11FO2. The first-order chi connectivity index (χ1) is 5.70. The predicted molar refractivity (Wildman–Crippen MR) is 43.4 cm³/mol. The number of carbonyl (C=O) groups is 1. The molecule has 0 aromatic rings. The van der Waals surface area contributed by atoms with Crippen molar-refractivity contribution in [2.45, 2.75) is 25.7 Å². The second kappa shape index (κ2) is 4.04. The average Bonchev–Trinajstić information content (AvgIpc) is 2.03. The lowest BCUT2D eigenvalue weighted by Gasteiger charge is -2.07. The van der Waals surface area contributed by atoms with Crippen LogP contribution in [0.15, 0.2) is 23.6 Å². The first-order valence-electron chi connectivity index (χ1n) is 3.96. The maximum atomic E-state index is 12.9. The molecule has 1 aliphatic rings. The van der Waals surface area contributed by atoms with Crippen LogP contribution in [-0.2, 0) is 4.79 Å². The van der Waals surface area contributed by atoms with Crippen LogP contribution in [-0.4, -0.2) is 11.1 Å². The average molecular weight is 170 g/mol. The largest absolute Gasteiger partial charge is 0.481 e. The topological polar surface area (TPSA) is 37.3 Å². The minimum atomic E-state index is -0.880. The zero-order chi connectivity index (χ0) is 8.97. The van der Waals surface area contributed by atoms with Gasteiger partial charge in [0.15, 0.2) is 0 Å². The molecule has 0 saturated carbocycles. The third-order valence-corrected chi connectivity index (χ3v) is 1.81. The van der Waals surface area contributed by atoms with E-state index in [1.165, 1.54) is 0 Å². The number of hydrogen-bond donors (Lipinski definition) is 1. The molecule has 0 saturated heterocycles. The highest BCUT2D eigenvalue weighted by Gasteiger charge is 2.08. The second-order valence-electron chi connectivity index (χ2n) is 2.76. The van der Waals surface area contributed by atoms with Crippen molar-refractivity contribution in [1.29, 1.82) is 0 Å². The van der Waals surface area contributed by atoms with Gasteiger partial charge in [0.1, 0.15) is 5.83 Å². The number of rotatable bonds is 3. The van der Waals surface area contributed by atoms with Crippen molar-refractivity contribution in [3.05, 3.63) is 23.6 Å². The van der Waals surface area contributed by atoms with Gasteiger partial charge in [-0.05, 0) is 18.4 Å². The van der Waals surface area contributed by atoms with Crippen LogP contribution in [0.4, 0.5) is 4.39 Å². The number of carboxylic acids is 1. The predicted octanol–water partition coefficient (Wildman–Crippen LogP) is 2.42. The summed E-state index contributed by atoms with van der Waals surface area (Å²) in [6.07, 6.45) is 5.01. The van der Waals surface area contributed by atoms with Crippen LogP contribution >= 0.6 is 0 Å². The van der Waals surface area contributed by atoms with Crippen molar-refractivity contribution in [3.63, 3.8) is 0 Å². The highest BCUT2D eigenvalue weighted by atomic mass is 19.1. The molecule has 0 radical (unpaired) electrons. The maximum absolute atomic E-state index is 12.9. The van der Waals surface area contributed by atoms with Gasteiger partial charge in [-0.3, -0.25) is 4.79 Å². The highest BCUT2D eigenvalue weighted by Crippen LogP contribution is 2.23. The Bertz CT molecular complexity index is 241. The van der Waals surface area contributed by atoms with Crippen molar-refractivity contribution in [3.8, 4) is 0 Å². The SMILES string of the molecule is O=C(O)CCC1=C(F)CCC=C1. The molecule has 0 aromatic carbocycles. The molecule has 12 heavy (non-hydrogen) atoms. The molecule has 0 aliphatic heterocycles. The monoisotopic (exact) mass is 170 g/mol. The number of carboxylic acid groups (broad SMARTS) is 1. The van der Waals surface area contributed by atoms with Gasteiger partial charge >= 0.3 is 5.97 Å². The van der Waals surface area contributed by atoms with Gasteiger partial charge in [0.25, 0.3) is 0 Å². The zero-order valence-corrected chi connectivity index (χ0v) is 6.72. The first kappa shape index (κ1) is 8.97. The second-order valence-corrected chi connectivity index (χ2v) is 2.76. The van der Waals surface area contributed by atoms with Crippen LogP contribution in [0.2, 0.25) is 0 Å². The van der Waals surface area contributed by atoms with Gasteiger partial charge in [0, 0.05) is 12.8 Å². The summed E-state index contributed by atoms with van der Waals surface area (Å²) in [6.45, 7) is 0. The van der Waals surface area contributed by atoms with E-state index in [4.69, 9.17) is 5.11 Å².